The molecule has 0 aliphatic rings. The van der Waals surface area contributed by atoms with Gasteiger partial charge in [0.2, 0.25) is 0 Å². The van der Waals surface area contributed by atoms with E-state index < -0.39 is 10.2 Å². The van der Waals surface area contributed by atoms with Crippen molar-refractivity contribution in [2.24, 2.45) is 0 Å². The maximum absolute atomic E-state index is 12.4. The molecule has 6 nitrogen and oxygen atoms in total. The van der Waals surface area contributed by atoms with E-state index in [1.165, 1.54) is 8.61 Å². The molecule has 0 aromatic carbocycles. The van der Waals surface area contributed by atoms with E-state index in [-0.39, 0.29) is 6.04 Å². The summed E-state index contributed by atoms with van der Waals surface area (Å²) in [7, 11) is -0.198. The molecule has 7 heteroatoms. The molecule has 19 heavy (non-hydrogen) atoms. The lowest BCUT2D eigenvalue weighted by Crippen LogP contribution is -2.47. The van der Waals surface area contributed by atoms with Gasteiger partial charge in [0.15, 0.2) is 0 Å². The van der Waals surface area contributed by atoms with Crippen LogP contribution in [0.5, 0.6) is 0 Å². The van der Waals surface area contributed by atoms with Crippen LogP contribution in [0, 0.1) is 0 Å². The van der Waals surface area contributed by atoms with E-state index in [2.05, 4.69) is 5.32 Å². The van der Waals surface area contributed by atoms with Gasteiger partial charge >= 0.3 is 0 Å². The Labute approximate surface area is 118 Å². The number of nitrogens with one attached hydrogen (secondary N) is 1. The van der Waals surface area contributed by atoms with Gasteiger partial charge in [0.25, 0.3) is 10.2 Å². The van der Waals surface area contributed by atoms with Gasteiger partial charge in [0.05, 0.1) is 6.61 Å². The minimum Gasteiger partial charge on any atom is -0.383 e. The van der Waals surface area contributed by atoms with E-state index in [9.17, 15) is 8.42 Å². The summed E-state index contributed by atoms with van der Waals surface area (Å²) in [6.45, 7) is 8.83. The maximum atomic E-state index is 12.4. The minimum absolute atomic E-state index is 0.0728. The minimum atomic E-state index is -3.40. The fourth-order valence-electron chi connectivity index (χ4n) is 1.72. The van der Waals surface area contributed by atoms with E-state index in [1.54, 1.807) is 14.2 Å². The van der Waals surface area contributed by atoms with Gasteiger partial charge in [0, 0.05) is 33.3 Å². The number of methoxy groups -OCH3 is 1. The normalized spacial score (nSPS) is 12.8. The van der Waals surface area contributed by atoms with Crippen LogP contribution in [-0.4, -0.2) is 70.0 Å². The molecule has 0 radical (unpaired) electrons. The third-order valence-corrected chi connectivity index (χ3v) is 5.03. The highest BCUT2D eigenvalue weighted by molar-refractivity contribution is 7.86. The summed E-state index contributed by atoms with van der Waals surface area (Å²) in [5, 5.41) is 3.19. The van der Waals surface area contributed by atoms with Crippen molar-refractivity contribution in [3.63, 3.8) is 0 Å². The fraction of sp³-hybridized carbons (Fsp3) is 1.00. The Balaban J connectivity index is 4.51. The van der Waals surface area contributed by atoms with Crippen LogP contribution in [0.15, 0.2) is 0 Å². The molecule has 0 aromatic rings. The zero-order valence-electron chi connectivity index (χ0n) is 12.8. The molecule has 0 atom stereocenters. The molecule has 0 saturated heterocycles. The third kappa shape index (κ3) is 6.67. The second-order valence-electron chi connectivity index (χ2n) is 4.73. The van der Waals surface area contributed by atoms with Crippen LogP contribution in [0.25, 0.3) is 0 Å². The van der Waals surface area contributed by atoms with Crippen molar-refractivity contribution in [1.29, 1.82) is 0 Å². The number of nitrogens with zero attached hydrogens (tertiary/aromatic N) is 2. The SMILES string of the molecule is CCNCCCN(C)S(=O)(=O)N(CCOC)C(C)C. The van der Waals surface area contributed by atoms with Crippen LogP contribution in [-0.2, 0) is 14.9 Å². The Morgan fingerprint density at radius 3 is 2.37 bits per heavy atom. The van der Waals surface area contributed by atoms with Crippen LogP contribution in [0.1, 0.15) is 27.2 Å². The van der Waals surface area contributed by atoms with Gasteiger partial charge in [-0.05, 0) is 33.4 Å². The summed E-state index contributed by atoms with van der Waals surface area (Å²) >= 11 is 0. The van der Waals surface area contributed by atoms with Gasteiger partial charge in [-0.2, -0.15) is 17.0 Å². The van der Waals surface area contributed by atoms with Crippen molar-refractivity contribution in [3.05, 3.63) is 0 Å². The van der Waals surface area contributed by atoms with E-state index in [0.29, 0.717) is 19.7 Å². The van der Waals surface area contributed by atoms with Crippen LogP contribution in [0.4, 0.5) is 0 Å². The first-order chi connectivity index (χ1) is 8.87. The van der Waals surface area contributed by atoms with Crippen molar-refractivity contribution in [1.82, 2.24) is 13.9 Å². The summed E-state index contributed by atoms with van der Waals surface area (Å²) in [5.74, 6) is 0. The summed E-state index contributed by atoms with van der Waals surface area (Å²) in [6, 6.07) is -0.0728. The molecule has 116 valence electrons. The summed E-state index contributed by atoms with van der Waals surface area (Å²) < 4.78 is 32.7. The molecule has 0 heterocycles. The number of hydrogen-bond donors (Lipinski definition) is 1. The van der Waals surface area contributed by atoms with Crippen molar-refractivity contribution in [3.8, 4) is 0 Å². The maximum Gasteiger partial charge on any atom is 0.282 e. The smallest absolute Gasteiger partial charge is 0.282 e. The molecule has 0 bridgehead atoms. The van der Waals surface area contributed by atoms with E-state index >= 15 is 0 Å². The Morgan fingerprint density at radius 2 is 1.89 bits per heavy atom. The van der Waals surface area contributed by atoms with E-state index in [4.69, 9.17) is 4.74 Å². The molecule has 0 aliphatic carbocycles. The zero-order valence-corrected chi connectivity index (χ0v) is 13.7. The Hall–Kier alpha value is -0.210. The average molecular weight is 295 g/mol. The standard InChI is InChI=1S/C12H29N3O3S/c1-6-13-8-7-9-14(4)19(16,17)15(12(2)3)10-11-18-5/h12-13H,6-11H2,1-5H3. The molecule has 0 aliphatic heterocycles. The monoisotopic (exact) mass is 295 g/mol. The largest absolute Gasteiger partial charge is 0.383 e. The third-order valence-electron chi connectivity index (χ3n) is 2.86. The first-order valence-corrected chi connectivity index (χ1v) is 8.20. The molecular formula is C12H29N3O3S. The molecule has 0 amide bonds. The van der Waals surface area contributed by atoms with Crippen LogP contribution >= 0.6 is 0 Å². The number of hydrogen-bond acceptors (Lipinski definition) is 4. The topological polar surface area (TPSA) is 61.9 Å². The molecule has 0 unspecified atom stereocenters. The van der Waals surface area contributed by atoms with Crippen LogP contribution < -0.4 is 5.32 Å². The summed E-state index contributed by atoms with van der Waals surface area (Å²) in [6.07, 6.45) is 0.805. The van der Waals surface area contributed by atoms with Crippen molar-refractivity contribution >= 4 is 10.2 Å². The van der Waals surface area contributed by atoms with Gasteiger partial charge < -0.3 is 10.1 Å². The molecule has 0 saturated carbocycles. The van der Waals surface area contributed by atoms with Crippen molar-refractivity contribution in [2.45, 2.75) is 33.2 Å². The summed E-state index contributed by atoms with van der Waals surface area (Å²) in [4.78, 5) is 0. The lowest BCUT2D eigenvalue weighted by atomic mass is 10.4. The lowest BCUT2D eigenvalue weighted by molar-refractivity contribution is 0.167. The molecule has 0 rings (SSSR count). The highest BCUT2D eigenvalue weighted by Crippen LogP contribution is 2.11. The average Bonchev–Trinajstić information content (AvgIpc) is 2.34. The zero-order chi connectivity index (χ0) is 14.9. The second kappa shape index (κ2) is 9.66. The molecule has 0 aromatic heterocycles. The fourth-order valence-corrected chi connectivity index (χ4v) is 3.28. The number of rotatable bonds is 11. The second-order valence-corrected chi connectivity index (χ2v) is 6.72. The number of ether oxygens (including phenoxy) is 1. The van der Waals surface area contributed by atoms with Crippen LogP contribution in [0.3, 0.4) is 0 Å². The Bertz CT molecular complexity index is 320. The molecule has 1 N–H and O–H groups in total. The Kier molecular flexibility index (Phi) is 9.55. The van der Waals surface area contributed by atoms with Gasteiger partial charge in [-0.1, -0.05) is 6.92 Å². The Morgan fingerprint density at radius 1 is 1.26 bits per heavy atom. The first-order valence-electron chi connectivity index (χ1n) is 6.80. The molecule has 0 spiro atoms. The van der Waals surface area contributed by atoms with E-state index in [0.717, 1.165) is 19.5 Å². The van der Waals surface area contributed by atoms with E-state index in [1.807, 2.05) is 20.8 Å². The van der Waals surface area contributed by atoms with Crippen LogP contribution in [0.2, 0.25) is 0 Å². The summed E-state index contributed by atoms with van der Waals surface area (Å²) in [5.41, 5.74) is 0. The molecule has 0 fully saturated rings. The first kappa shape index (κ1) is 18.8. The lowest BCUT2D eigenvalue weighted by Gasteiger charge is -2.30. The quantitative estimate of drug-likeness (QED) is 0.565. The predicted octanol–water partition coefficient (Wildman–Crippen LogP) is 0.519. The van der Waals surface area contributed by atoms with Crippen molar-refractivity contribution < 1.29 is 13.2 Å². The van der Waals surface area contributed by atoms with Gasteiger partial charge in [0.1, 0.15) is 0 Å². The van der Waals surface area contributed by atoms with Gasteiger partial charge in [-0.15, -0.1) is 0 Å². The van der Waals surface area contributed by atoms with Gasteiger partial charge in [-0.25, -0.2) is 0 Å². The van der Waals surface area contributed by atoms with Gasteiger partial charge in [-0.3, -0.25) is 0 Å². The highest BCUT2D eigenvalue weighted by atomic mass is 32.2. The predicted molar refractivity (Wildman–Crippen MR) is 78.4 cm³/mol. The molecular weight excluding hydrogens is 266 g/mol. The van der Waals surface area contributed by atoms with Crippen molar-refractivity contribution in [2.75, 3.05) is 46.9 Å². The highest BCUT2D eigenvalue weighted by Gasteiger charge is 2.28.